The van der Waals surface area contributed by atoms with Crippen LogP contribution in [0.25, 0.3) is 0 Å². The van der Waals surface area contributed by atoms with Gasteiger partial charge in [0.15, 0.2) is 11.5 Å². The summed E-state index contributed by atoms with van der Waals surface area (Å²) < 4.78 is 19.2. The summed E-state index contributed by atoms with van der Waals surface area (Å²) in [7, 11) is 1.61. The fraction of sp³-hybridized carbons (Fsp3) is 0.414. The number of carbonyl (C=O) groups excluding carboxylic acids is 1. The molecule has 0 saturated carbocycles. The highest BCUT2D eigenvalue weighted by molar-refractivity contribution is 7.99. The Labute approximate surface area is 228 Å². The number of benzene rings is 2. The number of ether oxygens (including phenoxy) is 3. The lowest BCUT2D eigenvalue weighted by molar-refractivity contribution is -0.139. The monoisotopic (exact) mass is 536 g/mol. The molecule has 8 nitrogen and oxygen atoms in total. The van der Waals surface area contributed by atoms with Gasteiger partial charge in [-0.3, -0.25) is 0 Å². The van der Waals surface area contributed by atoms with E-state index < -0.39 is 6.04 Å². The highest BCUT2D eigenvalue weighted by Gasteiger charge is 2.35. The molecule has 1 aliphatic heterocycles. The van der Waals surface area contributed by atoms with Crippen molar-refractivity contribution in [3.05, 3.63) is 70.4 Å². The van der Waals surface area contributed by atoms with E-state index in [0.717, 1.165) is 36.1 Å². The Morgan fingerprint density at radius 2 is 1.95 bits per heavy atom. The lowest BCUT2D eigenvalue weighted by Gasteiger charge is -2.28. The van der Waals surface area contributed by atoms with E-state index in [1.807, 2.05) is 44.2 Å². The second kappa shape index (κ2) is 12.9. The summed E-state index contributed by atoms with van der Waals surface area (Å²) in [5.74, 6) is 2.35. The second-order valence-corrected chi connectivity index (χ2v) is 10.3. The summed E-state index contributed by atoms with van der Waals surface area (Å²) in [6.45, 7) is 8.83. The maximum Gasteiger partial charge on any atom is 0.338 e. The van der Waals surface area contributed by atoms with E-state index in [1.165, 1.54) is 5.56 Å². The first kappa shape index (κ1) is 27.6. The van der Waals surface area contributed by atoms with Crippen molar-refractivity contribution in [2.75, 3.05) is 24.8 Å². The molecule has 9 heteroatoms. The average Bonchev–Trinajstić information content (AvgIpc) is 3.32. The number of anilines is 1. The van der Waals surface area contributed by atoms with Crippen molar-refractivity contribution in [2.45, 2.75) is 64.8 Å². The molecule has 0 aliphatic carbocycles. The maximum atomic E-state index is 13.2. The Morgan fingerprint density at radius 1 is 1.11 bits per heavy atom. The number of aryl methyl sites for hydroxylation is 1. The molecular weight excluding hydrogens is 500 g/mol. The molecule has 0 amide bonds. The summed E-state index contributed by atoms with van der Waals surface area (Å²) in [5.41, 5.74) is 4.27. The van der Waals surface area contributed by atoms with E-state index in [1.54, 1.807) is 23.6 Å². The second-order valence-electron chi connectivity index (χ2n) is 9.25. The summed E-state index contributed by atoms with van der Waals surface area (Å²) in [5, 5.41) is 8.71. The fourth-order valence-electron chi connectivity index (χ4n) is 4.28. The molecule has 0 bridgehead atoms. The van der Waals surface area contributed by atoms with Crippen LogP contribution in [-0.2, 0) is 16.1 Å². The first-order chi connectivity index (χ1) is 18.4. The van der Waals surface area contributed by atoms with Crippen LogP contribution in [0.1, 0.15) is 62.8 Å². The molecule has 1 aliphatic rings. The molecule has 2 aromatic carbocycles. The third kappa shape index (κ3) is 6.32. The predicted octanol–water partition coefficient (Wildman–Crippen LogP) is 6.31. The average molecular weight is 537 g/mol. The van der Waals surface area contributed by atoms with Crippen molar-refractivity contribution in [3.8, 4) is 11.5 Å². The van der Waals surface area contributed by atoms with Crippen molar-refractivity contribution >= 4 is 23.7 Å². The molecule has 0 fully saturated rings. The largest absolute Gasteiger partial charge is 0.493 e. The van der Waals surface area contributed by atoms with Gasteiger partial charge >= 0.3 is 5.97 Å². The maximum absolute atomic E-state index is 13.2. The third-order valence-corrected chi connectivity index (χ3v) is 7.12. The minimum Gasteiger partial charge on any atom is -0.493 e. The van der Waals surface area contributed by atoms with Gasteiger partial charge in [0.25, 0.3) is 0 Å². The van der Waals surface area contributed by atoms with Crippen LogP contribution in [0, 0.1) is 6.92 Å². The molecule has 1 N–H and O–H groups in total. The number of nitrogens with one attached hydrogen (secondary N) is 1. The highest BCUT2D eigenvalue weighted by atomic mass is 32.2. The molecule has 2 heterocycles. The number of carbonyl (C=O) groups is 1. The molecule has 202 valence electrons. The molecule has 1 atom stereocenters. The van der Waals surface area contributed by atoms with Crippen LogP contribution in [0.15, 0.2) is 58.9 Å². The van der Waals surface area contributed by atoms with Crippen LogP contribution in [0.3, 0.4) is 0 Å². The van der Waals surface area contributed by atoms with Gasteiger partial charge in [0, 0.05) is 11.4 Å². The fourth-order valence-corrected chi connectivity index (χ4v) is 5.19. The zero-order chi connectivity index (χ0) is 27.1. The zero-order valence-electron chi connectivity index (χ0n) is 22.7. The number of unbranched alkanes of at least 4 members (excludes halogenated alkanes) is 1. The molecule has 1 unspecified atom stereocenters. The van der Waals surface area contributed by atoms with Gasteiger partial charge in [-0.15, -0.1) is 5.10 Å². The quantitative estimate of drug-likeness (QED) is 0.164. The van der Waals surface area contributed by atoms with Gasteiger partial charge < -0.3 is 19.5 Å². The number of hydrogen-bond donors (Lipinski definition) is 1. The topological polar surface area (TPSA) is 87.5 Å². The minimum atomic E-state index is -0.525. The summed E-state index contributed by atoms with van der Waals surface area (Å²) in [4.78, 5) is 17.9. The van der Waals surface area contributed by atoms with E-state index in [-0.39, 0.29) is 5.97 Å². The van der Waals surface area contributed by atoms with Crippen LogP contribution in [0.4, 0.5) is 5.95 Å². The number of allylic oxidation sites excluding steroid dienone is 1. The molecule has 38 heavy (non-hydrogen) atoms. The van der Waals surface area contributed by atoms with Crippen LogP contribution in [-0.4, -0.2) is 40.2 Å². The SMILES string of the molecule is CCCCSc1nc2n(n1)C(c1ccc(OCc3cccc(C)c3)c(OC)c1)C(C(=O)OCCC)=C(C)N2. The Balaban J connectivity index is 1.68. The van der Waals surface area contributed by atoms with Gasteiger partial charge in [-0.05, 0) is 49.9 Å². The third-order valence-electron chi connectivity index (χ3n) is 6.20. The van der Waals surface area contributed by atoms with E-state index in [4.69, 9.17) is 24.3 Å². The lowest BCUT2D eigenvalue weighted by atomic mass is 9.95. The van der Waals surface area contributed by atoms with Gasteiger partial charge in [-0.1, -0.05) is 67.9 Å². The van der Waals surface area contributed by atoms with E-state index in [9.17, 15) is 4.79 Å². The van der Waals surface area contributed by atoms with Crippen LogP contribution >= 0.6 is 11.8 Å². The summed E-state index contributed by atoms with van der Waals surface area (Å²) >= 11 is 1.61. The lowest BCUT2D eigenvalue weighted by Crippen LogP contribution is -2.29. The standard InChI is InChI=1S/C29H36N4O4S/c1-6-8-15-38-29-31-28-30-20(4)25(27(34)36-14-7-2)26(33(28)32-29)22-12-13-23(24(17-22)35-5)37-18-21-11-9-10-19(3)16-21/h9-13,16-17,26H,6-8,14-15,18H2,1-5H3,(H,30,31,32). The Bertz CT molecular complexity index is 1300. The number of rotatable bonds is 12. The molecule has 0 radical (unpaired) electrons. The van der Waals surface area contributed by atoms with Crippen molar-refractivity contribution in [3.63, 3.8) is 0 Å². The first-order valence-corrected chi connectivity index (χ1v) is 14.0. The number of nitrogens with zero attached hydrogens (tertiary/aromatic N) is 3. The van der Waals surface area contributed by atoms with E-state index in [0.29, 0.717) is 47.1 Å². The van der Waals surface area contributed by atoms with Crippen molar-refractivity contribution in [1.82, 2.24) is 14.8 Å². The Morgan fingerprint density at radius 3 is 2.68 bits per heavy atom. The molecule has 1 aromatic heterocycles. The van der Waals surface area contributed by atoms with Crippen molar-refractivity contribution < 1.29 is 19.0 Å². The van der Waals surface area contributed by atoms with E-state index >= 15 is 0 Å². The molecular formula is C29H36N4O4S. The van der Waals surface area contributed by atoms with Crippen LogP contribution in [0.5, 0.6) is 11.5 Å². The van der Waals surface area contributed by atoms with Crippen molar-refractivity contribution in [1.29, 1.82) is 0 Å². The molecule has 0 spiro atoms. The number of methoxy groups -OCH3 is 1. The number of hydrogen-bond acceptors (Lipinski definition) is 8. The molecule has 0 saturated heterocycles. The number of esters is 1. The normalized spacial score (nSPS) is 14.6. The predicted molar refractivity (Wildman–Crippen MR) is 150 cm³/mol. The summed E-state index contributed by atoms with van der Waals surface area (Å²) in [6, 6.07) is 13.4. The number of thioether (sulfide) groups is 1. The van der Waals surface area contributed by atoms with Gasteiger partial charge in [-0.25, -0.2) is 9.48 Å². The van der Waals surface area contributed by atoms with E-state index in [2.05, 4.69) is 31.3 Å². The zero-order valence-corrected chi connectivity index (χ0v) is 23.6. The van der Waals surface area contributed by atoms with Gasteiger partial charge in [0.05, 0.1) is 19.3 Å². The number of fused-ring (bicyclic) bond motifs is 1. The molecule has 3 aromatic rings. The van der Waals surface area contributed by atoms with Crippen LogP contribution in [0.2, 0.25) is 0 Å². The summed E-state index contributed by atoms with van der Waals surface area (Å²) in [6.07, 6.45) is 2.93. The minimum absolute atomic E-state index is 0.347. The smallest absolute Gasteiger partial charge is 0.338 e. The van der Waals surface area contributed by atoms with Crippen molar-refractivity contribution in [2.24, 2.45) is 0 Å². The van der Waals surface area contributed by atoms with Crippen LogP contribution < -0.4 is 14.8 Å². The Kier molecular flexibility index (Phi) is 9.33. The first-order valence-electron chi connectivity index (χ1n) is 13.1. The van der Waals surface area contributed by atoms with Gasteiger partial charge in [-0.2, -0.15) is 4.98 Å². The number of aromatic nitrogens is 3. The highest BCUT2D eigenvalue weighted by Crippen LogP contribution is 2.40. The van der Waals surface area contributed by atoms with Gasteiger partial charge in [0.2, 0.25) is 11.1 Å². The Hall–Kier alpha value is -3.46. The van der Waals surface area contributed by atoms with Gasteiger partial charge in [0.1, 0.15) is 12.6 Å². The molecule has 4 rings (SSSR count).